The summed E-state index contributed by atoms with van der Waals surface area (Å²) in [6, 6.07) is 1.26. The fourth-order valence-corrected chi connectivity index (χ4v) is 4.36. The number of pyridine rings is 1. The molecule has 0 aliphatic carbocycles. The molecule has 1 aliphatic rings. The van der Waals surface area contributed by atoms with Crippen LogP contribution in [0.25, 0.3) is 0 Å². The molecule has 0 N–H and O–H groups in total. The predicted molar refractivity (Wildman–Crippen MR) is 79.7 cm³/mol. The first kappa shape index (κ1) is 16.0. The SMILES string of the molecule is CC1CN(C)CCCN1S(=O)(=O)c1cnc(Cl)c(Cl)c1. The van der Waals surface area contributed by atoms with Crippen molar-refractivity contribution in [3.63, 3.8) is 0 Å². The monoisotopic (exact) mass is 337 g/mol. The third-order valence-electron chi connectivity index (χ3n) is 3.36. The van der Waals surface area contributed by atoms with Gasteiger partial charge in [0.2, 0.25) is 10.0 Å². The maximum absolute atomic E-state index is 12.7. The molecule has 0 saturated carbocycles. The van der Waals surface area contributed by atoms with E-state index in [1.54, 1.807) is 0 Å². The Bertz CT molecular complexity index is 594. The third-order valence-corrected chi connectivity index (χ3v) is 6.03. The first-order valence-electron chi connectivity index (χ1n) is 6.34. The lowest BCUT2D eigenvalue weighted by atomic mass is 10.3. The lowest BCUT2D eigenvalue weighted by Crippen LogP contribution is -2.41. The summed E-state index contributed by atoms with van der Waals surface area (Å²) in [5, 5.41) is 0.251. The summed E-state index contributed by atoms with van der Waals surface area (Å²) >= 11 is 11.6. The first-order valence-corrected chi connectivity index (χ1v) is 8.53. The van der Waals surface area contributed by atoms with Crippen LogP contribution in [-0.2, 0) is 10.0 Å². The molecule has 1 saturated heterocycles. The van der Waals surface area contributed by atoms with Gasteiger partial charge in [0.15, 0.2) is 0 Å². The van der Waals surface area contributed by atoms with E-state index < -0.39 is 10.0 Å². The Morgan fingerprint density at radius 3 is 2.70 bits per heavy atom. The second-order valence-electron chi connectivity index (χ2n) is 5.02. The van der Waals surface area contributed by atoms with Crippen LogP contribution in [0, 0.1) is 0 Å². The van der Waals surface area contributed by atoms with E-state index in [1.807, 2.05) is 14.0 Å². The highest BCUT2D eigenvalue weighted by atomic mass is 35.5. The maximum atomic E-state index is 12.7. The molecule has 2 rings (SSSR count). The van der Waals surface area contributed by atoms with Crippen LogP contribution in [0.15, 0.2) is 17.2 Å². The summed E-state index contributed by atoms with van der Waals surface area (Å²) in [6.45, 7) is 3.99. The number of hydrogen-bond donors (Lipinski definition) is 0. The summed E-state index contributed by atoms with van der Waals surface area (Å²) in [6.07, 6.45) is 2.06. The van der Waals surface area contributed by atoms with Crippen molar-refractivity contribution < 1.29 is 8.42 Å². The maximum Gasteiger partial charge on any atom is 0.244 e. The van der Waals surface area contributed by atoms with Gasteiger partial charge in [0, 0.05) is 25.3 Å². The van der Waals surface area contributed by atoms with E-state index in [2.05, 4.69) is 9.88 Å². The van der Waals surface area contributed by atoms with E-state index in [1.165, 1.54) is 16.6 Å². The number of likely N-dealkylation sites (N-methyl/N-ethyl adjacent to an activating group) is 1. The molecule has 1 aromatic rings. The minimum Gasteiger partial charge on any atom is -0.305 e. The molecule has 1 aliphatic heterocycles. The van der Waals surface area contributed by atoms with Crippen LogP contribution < -0.4 is 0 Å². The molecule has 0 radical (unpaired) electrons. The van der Waals surface area contributed by atoms with Gasteiger partial charge in [-0.15, -0.1) is 0 Å². The Balaban J connectivity index is 2.35. The Morgan fingerprint density at radius 2 is 2.05 bits per heavy atom. The molecule has 8 heteroatoms. The van der Waals surface area contributed by atoms with Crippen LogP contribution in [0.1, 0.15) is 13.3 Å². The molecular weight excluding hydrogens is 321 g/mol. The van der Waals surface area contributed by atoms with Crippen molar-refractivity contribution >= 4 is 33.2 Å². The minimum absolute atomic E-state index is 0.0864. The molecule has 20 heavy (non-hydrogen) atoms. The van der Waals surface area contributed by atoms with Crippen LogP contribution in [0.2, 0.25) is 10.2 Å². The normalized spacial score (nSPS) is 22.7. The number of sulfonamides is 1. The lowest BCUT2D eigenvalue weighted by Gasteiger charge is -2.27. The van der Waals surface area contributed by atoms with Crippen molar-refractivity contribution in [1.29, 1.82) is 0 Å². The Kier molecular flexibility index (Phi) is 4.92. The van der Waals surface area contributed by atoms with E-state index in [0.29, 0.717) is 13.1 Å². The summed E-state index contributed by atoms with van der Waals surface area (Å²) in [5.41, 5.74) is 0. The Labute approximate surface area is 129 Å². The fraction of sp³-hybridized carbons (Fsp3) is 0.583. The topological polar surface area (TPSA) is 53.5 Å². The van der Waals surface area contributed by atoms with Crippen LogP contribution in [0.4, 0.5) is 0 Å². The van der Waals surface area contributed by atoms with Gasteiger partial charge in [0.1, 0.15) is 10.0 Å². The molecule has 2 heterocycles. The van der Waals surface area contributed by atoms with Crippen LogP contribution in [0.5, 0.6) is 0 Å². The van der Waals surface area contributed by atoms with E-state index in [9.17, 15) is 8.42 Å². The summed E-state index contributed by atoms with van der Waals surface area (Å²) < 4.78 is 26.9. The zero-order chi connectivity index (χ0) is 14.9. The van der Waals surface area contributed by atoms with E-state index in [4.69, 9.17) is 23.2 Å². The van der Waals surface area contributed by atoms with Crippen LogP contribution in [0.3, 0.4) is 0 Å². The molecule has 1 atom stereocenters. The number of rotatable bonds is 2. The molecule has 1 fully saturated rings. The highest BCUT2D eigenvalue weighted by molar-refractivity contribution is 7.89. The second kappa shape index (κ2) is 6.15. The molecule has 0 amide bonds. The summed E-state index contributed by atoms with van der Waals surface area (Å²) in [7, 11) is -1.60. The first-order chi connectivity index (χ1) is 9.32. The molecule has 0 spiro atoms. The number of hydrogen-bond acceptors (Lipinski definition) is 4. The smallest absolute Gasteiger partial charge is 0.244 e. The van der Waals surface area contributed by atoms with Crippen molar-refractivity contribution in [3.05, 3.63) is 22.4 Å². The molecule has 0 aromatic carbocycles. The van der Waals surface area contributed by atoms with Gasteiger partial charge in [-0.05, 0) is 33.0 Å². The lowest BCUT2D eigenvalue weighted by molar-refractivity contribution is 0.290. The van der Waals surface area contributed by atoms with Gasteiger partial charge in [-0.1, -0.05) is 23.2 Å². The number of nitrogens with zero attached hydrogens (tertiary/aromatic N) is 3. The molecule has 1 aromatic heterocycles. The Hall–Kier alpha value is -0.400. The molecule has 0 bridgehead atoms. The van der Waals surface area contributed by atoms with Crippen LogP contribution >= 0.6 is 23.2 Å². The molecular formula is C12H17Cl2N3O2S. The summed E-state index contributed by atoms with van der Waals surface area (Å²) in [5.74, 6) is 0. The van der Waals surface area contributed by atoms with Gasteiger partial charge >= 0.3 is 0 Å². The van der Waals surface area contributed by atoms with Gasteiger partial charge in [-0.3, -0.25) is 0 Å². The second-order valence-corrected chi connectivity index (χ2v) is 7.68. The number of aromatic nitrogens is 1. The van der Waals surface area contributed by atoms with Crippen molar-refractivity contribution in [1.82, 2.24) is 14.2 Å². The zero-order valence-corrected chi connectivity index (χ0v) is 13.7. The third kappa shape index (κ3) is 3.26. The Morgan fingerprint density at radius 1 is 1.35 bits per heavy atom. The predicted octanol–water partition coefficient (Wildman–Crippen LogP) is 2.10. The van der Waals surface area contributed by atoms with Crippen LogP contribution in [-0.4, -0.2) is 55.3 Å². The quantitative estimate of drug-likeness (QED) is 0.775. The molecule has 112 valence electrons. The minimum atomic E-state index is -3.60. The van der Waals surface area contributed by atoms with Crippen molar-refractivity contribution in [2.75, 3.05) is 26.7 Å². The van der Waals surface area contributed by atoms with Crippen molar-refractivity contribution in [2.24, 2.45) is 0 Å². The number of halogens is 2. The highest BCUT2D eigenvalue weighted by Crippen LogP contribution is 2.26. The van der Waals surface area contributed by atoms with E-state index in [0.717, 1.165) is 13.0 Å². The van der Waals surface area contributed by atoms with Gasteiger partial charge in [-0.2, -0.15) is 4.31 Å². The van der Waals surface area contributed by atoms with Gasteiger partial charge < -0.3 is 4.90 Å². The van der Waals surface area contributed by atoms with Gasteiger partial charge in [0.25, 0.3) is 0 Å². The standard InChI is InChI=1S/C12H17Cl2N3O2S/c1-9-8-16(2)4-3-5-17(9)20(18,19)10-6-11(13)12(14)15-7-10/h6-7,9H,3-5,8H2,1-2H3. The highest BCUT2D eigenvalue weighted by Gasteiger charge is 2.31. The largest absolute Gasteiger partial charge is 0.305 e. The van der Waals surface area contributed by atoms with Crippen molar-refractivity contribution in [3.8, 4) is 0 Å². The average molecular weight is 338 g/mol. The van der Waals surface area contributed by atoms with Gasteiger partial charge in [0.05, 0.1) is 5.02 Å². The molecule has 1 unspecified atom stereocenters. The van der Waals surface area contributed by atoms with E-state index in [-0.39, 0.29) is 21.1 Å². The zero-order valence-electron chi connectivity index (χ0n) is 11.4. The van der Waals surface area contributed by atoms with Gasteiger partial charge in [-0.25, -0.2) is 13.4 Å². The summed E-state index contributed by atoms with van der Waals surface area (Å²) in [4.78, 5) is 6.04. The average Bonchev–Trinajstić information content (AvgIpc) is 2.53. The van der Waals surface area contributed by atoms with E-state index >= 15 is 0 Å². The van der Waals surface area contributed by atoms with Crippen molar-refractivity contribution in [2.45, 2.75) is 24.3 Å². The molecule has 5 nitrogen and oxygen atoms in total. The fourth-order valence-electron chi connectivity index (χ4n) is 2.39.